The predicted octanol–water partition coefficient (Wildman–Crippen LogP) is 8.30. The Bertz CT molecular complexity index is 800. The van der Waals surface area contributed by atoms with Crippen molar-refractivity contribution >= 4 is 0 Å². The number of allylic oxidation sites excluding steroid dienone is 9. The van der Waals surface area contributed by atoms with E-state index in [0.717, 1.165) is 0 Å². The lowest BCUT2D eigenvalue weighted by atomic mass is 9.72. The molecule has 0 aliphatic heterocycles. The van der Waals surface area contributed by atoms with E-state index in [4.69, 9.17) is 4.74 Å². The van der Waals surface area contributed by atoms with Crippen LogP contribution in [0.5, 0.6) is 0 Å². The molecule has 1 aliphatic carbocycles. The summed E-state index contributed by atoms with van der Waals surface area (Å²) in [6.07, 6.45) is 17.1. The molecule has 0 spiro atoms. The van der Waals surface area contributed by atoms with Crippen LogP contribution >= 0.6 is 0 Å². The van der Waals surface area contributed by atoms with Gasteiger partial charge in [0, 0.05) is 0 Å². The van der Waals surface area contributed by atoms with Crippen molar-refractivity contribution in [1.82, 2.24) is 0 Å². The molecule has 0 heterocycles. The largest absolute Gasteiger partial charge is 0.370 e. The average molecular weight is 391 g/mol. The Morgan fingerprint density at radius 3 is 2.52 bits per heavy atom. The highest BCUT2D eigenvalue weighted by molar-refractivity contribution is 5.37. The molecular weight excluding hydrogens is 352 g/mol. The molecule has 0 bridgehead atoms. The Morgan fingerprint density at radius 2 is 1.83 bits per heavy atom. The summed E-state index contributed by atoms with van der Waals surface area (Å²) in [6, 6.07) is 10.3. The highest BCUT2D eigenvalue weighted by atomic mass is 16.5. The van der Waals surface area contributed by atoms with Gasteiger partial charge in [0.15, 0.2) is 0 Å². The van der Waals surface area contributed by atoms with Crippen LogP contribution in [0.2, 0.25) is 0 Å². The van der Waals surface area contributed by atoms with Gasteiger partial charge in [-0.2, -0.15) is 0 Å². The molecule has 1 nitrogen and oxygen atoms in total. The van der Waals surface area contributed by atoms with Crippen molar-refractivity contribution in [1.29, 1.82) is 0 Å². The van der Waals surface area contributed by atoms with Crippen LogP contribution < -0.4 is 0 Å². The van der Waals surface area contributed by atoms with Crippen LogP contribution in [0.15, 0.2) is 89.1 Å². The quantitative estimate of drug-likeness (QED) is 0.406. The maximum atomic E-state index is 5.92. The van der Waals surface area contributed by atoms with Crippen LogP contribution in [-0.4, -0.2) is 6.61 Å². The van der Waals surface area contributed by atoms with Crippen LogP contribution in [0, 0.1) is 5.41 Å². The second-order valence-electron chi connectivity index (χ2n) is 8.87. The van der Waals surface area contributed by atoms with Gasteiger partial charge in [0.1, 0.15) is 0 Å². The lowest BCUT2D eigenvalue weighted by molar-refractivity contribution is 0.0884. The maximum Gasteiger partial charge on any atom is 0.0801 e. The summed E-state index contributed by atoms with van der Waals surface area (Å²) >= 11 is 0. The van der Waals surface area contributed by atoms with Gasteiger partial charge in [0.2, 0.25) is 0 Å². The van der Waals surface area contributed by atoms with Crippen LogP contribution in [0.1, 0.15) is 72.5 Å². The number of ether oxygens (including phenoxy) is 1. The van der Waals surface area contributed by atoms with Crippen molar-refractivity contribution in [2.45, 2.75) is 66.9 Å². The Balaban J connectivity index is 1.87. The van der Waals surface area contributed by atoms with E-state index in [1.807, 2.05) is 6.07 Å². The first kappa shape index (κ1) is 23.2. The topological polar surface area (TPSA) is 9.23 Å². The van der Waals surface area contributed by atoms with Crippen molar-refractivity contribution in [3.05, 3.63) is 94.6 Å². The van der Waals surface area contributed by atoms with Crippen molar-refractivity contribution in [3.63, 3.8) is 0 Å². The van der Waals surface area contributed by atoms with Gasteiger partial charge in [-0.3, -0.25) is 0 Å². The minimum absolute atomic E-state index is 0.110. The predicted molar refractivity (Wildman–Crippen MR) is 127 cm³/mol. The third-order valence-corrected chi connectivity index (χ3v) is 5.79. The van der Waals surface area contributed by atoms with E-state index in [2.05, 4.69) is 102 Å². The molecule has 0 amide bonds. The molecule has 156 valence electrons. The van der Waals surface area contributed by atoms with Gasteiger partial charge in [0.25, 0.3) is 0 Å². The van der Waals surface area contributed by atoms with Crippen molar-refractivity contribution in [3.8, 4) is 0 Å². The summed E-state index contributed by atoms with van der Waals surface area (Å²) in [5, 5.41) is 0. The summed E-state index contributed by atoms with van der Waals surface area (Å²) in [7, 11) is 0. The van der Waals surface area contributed by atoms with Gasteiger partial charge in [-0.1, -0.05) is 97.4 Å². The molecule has 1 aliphatic rings. The summed E-state index contributed by atoms with van der Waals surface area (Å²) in [5.74, 6) is 0. The summed E-state index contributed by atoms with van der Waals surface area (Å²) < 4.78 is 5.92. The van der Waals surface area contributed by atoms with Crippen molar-refractivity contribution in [2.75, 3.05) is 6.61 Å². The smallest absolute Gasteiger partial charge is 0.0801 e. The molecule has 1 unspecified atom stereocenters. The van der Waals surface area contributed by atoms with E-state index in [1.54, 1.807) is 5.57 Å². The molecule has 1 aromatic carbocycles. The van der Waals surface area contributed by atoms with Gasteiger partial charge in [-0.05, 0) is 63.5 Å². The normalized spacial score (nSPS) is 19.4. The second-order valence-corrected chi connectivity index (χ2v) is 8.87. The average Bonchev–Trinajstić information content (AvgIpc) is 2.67. The van der Waals surface area contributed by atoms with Crippen LogP contribution in [0.4, 0.5) is 0 Å². The molecule has 0 saturated heterocycles. The zero-order valence-corrected chi connectivity index (χ0v) is 19.2. The fraction of sp³-hybridized carbons (Fsp3) is 0.429. The zero-order chi connectivity index (χ0) is 21.3. The summed E-state index contributed by atoms with van der Waals surface area (Å²) in [6.45, 7) is 14.0. The Kier molecular flexibility index (Phi) is 8.92. The lowest BCUT2D eigenvalue weighted by Gasteiger charge is -2.32. The fourth-order valence-corrected chi connectivity index (χ4v) is 3.84. The van der Waals surface area contributed by atoms with Gasteiger partial charge >= 0.3 is 0 Å². The third-order valence-electron chi connectivity index (χ3n) is 5.79. The van der Waals surface area contributed by atoms with E-state index in [-0.39, 0.29) is 6.10 Å². The minimum atomic E-state index is 0.110. The van der Waals surface area contributed by atoms with Crippen LogP contribution in [0.25, 0.3) is 0 Å². The molecule has 0 N–H and O–H groups in total. The highest BCUT2D eigenvalue weighted by Gasteiger charge is 2.26. The maximum absolute atomic E-state index is 5.92. The monoisotopic (exact) mass is 390 g/mol. The van der Waals surface area contributed by atoms with E-state index < -0.39 is 0 Å². The SMILES string of the molecule is CC1=C(/C=C/C(C)=C/C=C/C(C)=C/COC(C)c2ccccc2)C(C)(C)CCC1. The Labute approximate surface area is 178 Å². The standard InChI is InChI=1S/C28H38O/c1-22(17-18-27-24(3)14-11-20-28(27,5)6)12-10-13-23(2)19-21-29-25(4)26-15-8-7-9-16-26/h7-10,12-13,15-19,25H,11,14,20-21H2,1-6H3/b13-10+,18-17+,22-12+,23-19+. The van der Waals surface area contributed by atoms with E-state index >= 15 is 0 Å². The van der Waals surface area contributed by atoms with E-state index in [1.165, 1.54) is 41.5 Å². The van der Waals surface area contributed by atoms with Crippen LogP contribution in [-0.2, 0) is 4.74 Å². The second kappa shape index (κ2) is 11.2. The summed E-state index contributed by atoms with van der Waals surface area (Å²) in [5.41, 5.74) is 7.05. The molecule has 29 heavy (non-hydrogen) atoms. The minimum Gasteiger partial charge on any atom is -0.370 e. The molecule has 1 atom stereocenters. The van der Waals surface area contributed by atoms with Gasteiger partial charge in [0.05, 0.1) is 12.7 Å². The number of hydrogen-bond acceptors (Lipinski definition) is 1. The van der Waals surface area contributed by atoms with E-state index in [0.29, 0.717) is 12.0 Å². The molecule has 0 saturated carbocycles. The molecule has 0 radical (unpaired) electrons. The number of rotatable bonds is 8. The molecule has 1 aromatic rings. The molecular formula is C28H38O. The van der Waals surface area contributed by atoms with E-state index in [9.17, 15) is 0 Å². The lowest BCUT2D eigenvalue weighted by Crippen LogP contribution is -2.19. The first-order valence-corrected chi connectivity index (χ1v) is 10.9. The number of benzene rings is 1. The third kappa shape index (κ3) is 7.66. The fourth-order valence-electron chi connectivity index (χ4n) is 3.84. The van der Waals surface area contributed by atoms with Crippen molar-refractivity contribution in [2.24, 2.45) is 5.41 Å². The Morgan fingerprint density at radius 1 is 1.10 bits per heavy atom. The van der Waals surface area contributed by atoms with Crippen LogP contribution in [0.3, 0.4) is 0 Å². The molecule has 1 heteroatoms. The molecule has 2 rings (SSSR count). The highest BCUT2D eigenvalue weighted by Crippen LogP contribution is 2.40. The first-order chi connectivity index (χ1) is 13.8. The first-order valence-electron chi connectivity index (χ1n) is 10.9. The summed E-state index contributed by atoms with van der Waals surface area (Å²) in [4.78, 5) is 0. The Hall–Kier alpha value is -2.12. The van der Waals surface area contributed by atoms with Gasteiger partial charge < -0.3 is 4.74 Å². The van der Waals surface area contributed by atoms with Gasteiger partial charge in [-0.25, -0.2) is 0 Å². The van der Waals surface area contributed by atoms with Gasteiger partial charge in [-0.15, -0.1) is 0 Å². The molecule has 0 fully saturated rings. The zero-order valence-electron chi connectivity index (χ0n) is 19.2. The molecule has 0 aromatic heterocycles. The number of hydrogen-bond donors (Lipinski definition) is 0. The van der Waals surface area contributed by atoms with Crippen molar-refractivity contribution < 1.29 is 4.74 Å².